The van der Waals surface area contributed by atoms with Gasteiger partial charge in [0.15, 0.2) is 0 Å². The number of amides is 1. The standard InChI is InChI=1S/C16H21NO3/c1-4-20-9-7-17(3)16(19)15-11-13(2)10-14(12-15)6-5-8-18/h10-12,18H,4,7-9H2,1-3H3. The Hall–Kier alpha value is -1.83. The van der Waals surface area contributed by atoms with Crippen molar-refractivity contribution in [3.05, 3.63) is 34.9 Å². The van der Waals surface area contributed by atoms with E-state index in [2.05, 4.69) is 11.8 Å². The Morgan fingerprint density at radius 2 is 2.15 bits per heavy atom. The molecule has 0 radical (unpaired) electrons. The number of aliphatic hydroxyl groups is 1. The largest absolute Gasteiger partial charge is 0.384 e. The van der Waals surface area contributed by atoms with E-state index < -0.39 is 0 Å². The Morgan fingerprint density at radius 3 is 2.80 bits per heavy atom. The van der Waals surface area contributed by atoms with Crippen molar-refractivity contribution < 1.29 is 14.6 Å². The van der Waals surface area contributed by atoms with Gasteiger partial charge in [-0.1, -0.05) is 11.8 Å². The fourth-order valence-corrected chi connectivity index (χ4v) is 1.79. The molecule has 0 spiro atoms. The summed E-state index contributed by atoms with van der Waals surface area (Å²) in [6.07, 6.45) is 0. The highest BCUT2D eigenvalue weighted by Crippen LogP contribution is 2.11. The molecule has 4 heteroatoms. The molecule has 1 N–H and O–H groups in total. The number of aryl methyl sites for hydroxylation is 1. The molecule has 1 aromatic carbocycles. The normalized spacial score (nSPS) is 9.80. The third-order valence-corrected chi connectivity index (χ3v) is 2.76. The van der Waals surface area contributed by atoms with Gasteiger partial charge in [-0.25, -0.2) is 0 Å². The van der Waals surface area contributed by atoms with Gasteiger partial charge in [0, 0.05) is 31.3 Å². The third kappa shape index (κ3) is 5.04. The molecule has 108 valence electrons. The Balaban J connectivity index is 2.84. The molecule has 20 heavy (non-hydrogen) atoms. The molecule has 1 aromatic rings. The van der Waals surface area contributed by atoms with Crippen LogP contribution in [-0.4, -0.2) is 49.3 Å². The molecule has 0 unspecified atom stereocenters. The summed E-state index contributed by atoms with van der Waals surface area (Å²) in [5, 5.41) is 8.72. The maximum absolute atomic E-state index is 12.3. The Labute approximate surface area is 120 Å². The van der Waals surface area contributed by atoms with Crippen molar-refractivity contribution in [1.82, 2.24) is 4.90 Å². The summed E-state index contributed by atoms with van der Waals surface area (Å²) in [7, 11) is 1.75. The van der Waals surface area contributed by atoms with Gasteiger partial charge in [-0.2, -0.15) is 0 Å². The maximum Gasteiger partial charge on any atom is 0.253 e. The zero-order chi connectivity index (χ0) is 15.0. The summed E-state index contributed by atoms with van der Waals surface area (Å²) in [6.45, 7) is 5.38. The molecule has 0 atom stereocenters. The lowest BCUT2D eigenvalue weighted by molar-refractivity contribution is 0.0710. The van der Waals surface area contributed by atoms with Crippen molar-refractivity contribution in [3.8, 4) is 11.8 Å². The lowest BCUT2D eigenvalue weighted by Crippen LogP contribution is -2.30. The van der Waals surface area contributed by atoms with Crippen LogP contribution in [0.5, 0.6) is 0 Å². The van der Waals surface area contributed by atoms with Crippen LogP contribution in [0.1, 0.15) is 28.4 Å². The minimum Gasteiger partial charge on any atom is -0.384 e. The summed E-state index contributed by atoms with van der Waals surface area (Å²) in [5.41, 5.74) is 2.31. The first-order valence-electron chi connectivity index (χ1n) is 6.63. The van der Waals surface area contributed by atoms with Gasteiger partial charge in [-0.3, -0.25) is 4.79 Å². The van der Waals surface area contributed by atoms with Gasteiger partial charge >= 0.3 is 0 Å². The van der Waals surface area contributed by atoms with E-state index in [1.165, 1.54) is 0 Å². The molecule has 0 aliphatic heterocycles. The average Bonchev–Trinajstić information content (AvgIpc) is 2.43. The topological polar surface area (TPSA) is 49.8 Å². The second-order valence-corrected chi connectivity index (χ2v) is 4.47. The number of hydrogen-bond donors (Lipinski definition) is 1. The molecule has 1 amide bonds. The Bertz CT molecular complexity index is 514. The molecule has 0 fully saturated rings. The van der Waals surface area contributed by atoms with Gasteiger partial charge in [0.2, 0.25) is 0 Å². The minimum absolute atomic E-state index is 0.0551. The van der Waals surface area contributed by atoms with Gasteiger partial charge in [0.05, 0.1) is 6.61 Å². The zero-order valence-corrected chi connectivity index (χ0v) is 12.3. The van der Waals surface area contributed by atoms with Crippen molar-refractivity contribution in [3.63, 3.8) is 0 Å². The molecule has 0 aliphatic carbocycles. The van der Waals surface area contributed by atoms with Gasteiger partial charge < -0.3 is 14.7 Å². The minimum atomic E-state index is -0.189. The van der Waals surface area contributed by atoms with Crippen LogP contribution in [0, 0.1) is 18.8 Å². The highest BCUT2D eigenvalue weighted by Gasteiger charge is 2.12. The molecular formula is C16H21NO3. The highest BCUT2D eigenvalue weighted by molar-refractivity contribution is 5.94. The van der Waals surface area contributed by atoms with E-state index in [1.807, 2.05) is 26.0 Å². The lowest BCUT2D eigenvalue weighted by Gasteiger charge is -2.17. The van der Waals surface area contributed by atoms with Crippen LogP contribution in [0.3, 0.4) is 0 Å². The fourth-order valence-electron chi connectivity index (χ4n) is 1.79. The Kier molecular flexibility index (Phi) is 6.78. The number of ether oxygens (including phenoxy) is 1. The molecule has 0 saturated heterocycles. The predicted octanol–water partition coefficient (Wildman–Crippen LogP) is 1.45. The number of carbonyl (C=O) groups excluding carboxylic acids is 1. The van der Waals surface area contributed by atoms with E-state index >= 15 is 0 Å². The van der Waals surface area contributed by atoms with Gasteiger partial charge in [-0.15, -0.1) is 0 Å². The first kappa shape index (κ1) is 16.2. The Morgan fingerprint density at radius 1 is 1.40 bits per heavy atom. The highest BCUT2D eigenvalue weighted by atomic mass is 16.5. The second-order valence-electron chi connectivity index (χ2n) is 4.47. The van der Waals surface area contributed by atoms with E-state index in [1.54, 1.807) is 18.0 Å². The quantitative estimate of drug-likeness (QED) is 0.653. The maximum atomic E-state index is 12.3. The SMILES string of the molecule is CCOCCN(C)C(=O)c1cc(C)cc(C#CCO)c1. The molecular weight excluding hydrogens is 254 g/mol. The molecule has 0 heterocycles. The van der Waals surface area contributed by atoms with Crippen LogP contribution in [0.2, 0.25) is 0 Å². The number of benzene rings is 1. The van der Waals surface area contributed by atoms with Crippen molar-refractivity contribution in [2.75, 3.05) is 33.4 Å². The first-order chi connectivity index (χ1) is 9.58. The number of nitrogens with zero attached hydrogens (tertiary/aromatic N) is 1. The first-order valence-corrected chi connectivity index (χ1v) is 6.63. The number of likely N-dealkylation sites (N-methyl/N-ethyl adjacent to an activating group) is 1. The number of carbonyl (C=O) groups is 1. The van der Waals surface area contributed by atoms with E-state index in [0.29, 0.717) is 25.3 Å². The summed E-state index contributed by atoms with van der Waals surface area (Å²) < 4.78 is 5.25. The molecule has 0 bridgehead atoms. The van der Waals surface area contributed by atoms with E-state index in [4.69, 9.17) is 9.84 Å². The zero-order valence-electron chi connectivity index (χ0n) is 12.3. The van der Waals surface area contributed by atoms with Crippen molar-refractivity contribution in [2.45, 2.75) is 13.8 Å². The van der Waals surface area contributed by atoms with Crippen LogP contribution >= 0.6 is 0 Å². The summed E-state index contributed by atoms with van der Waals surface area (Å²) in [6, 6.07) is 5.47. The molecule has 4 nitrogen and oxygen atoms in total. The van der Waals surface area contributed by atoms with Crippen LogP contribution in [0.4, 0.5) is 0 Å². The molecule has 0 saturated carbocycles. The lowest BCUT2D eigenvalue weighted by atomic mass is 10.1. The second kappa shape index (κ2) is 8.36. The monoisotopic (exact) mass is 275 g/mol. The van der Waals surface area contributed by atoms with E-state index in [-0.39, 0.29) is 12.5 Å². The van der Waals surface area contributed by atoms with Crippen LogP contribution in [0.15, 0.2) is 18.2 Å². The summed E-state index contributed by atoms with van der Waals surface area (Å²) in [4.78, 5) is 13.9. The summed E-state index contributed by atoms with van der Waals surface area (Å²) >= 11 is 0. The van der Waals surface area contributed by atoms with Crippen LogP contribution in [-0.2, 0) is 4.74 Å². The van der Waals surface area contributed by atoms with Crippen molar-refractivity contribution in [2.24, 2.45) is 0 Å². The van der Waals surface area contributed by atoms with Gasteiger partial charge in [-0.05, 0) is 37.6 Å². The average molecular weight is 275 g/mol. The van der Waals surface area contributed by atoms with E-state index in [9.17, 15) is 4.79 Å². The van der Waals surface area contributed by atoms with Gasteiger partial charge in [0.25, 0.3) is 5.91 Å². The van der Waals surface area contributed by atoms with E-state index in [0.717, 1.165) is 11.1 Å². The number of aliphatic hydroxyl groups excluding tert-OH is 1. The van der Waals surface area contributed by atoms with Gasteiger partial charge in [0.1, 0.15) is 6.61 Å². The predicted molar refractivity (Wildman–Crippen MR) is 78.6 cm³/mol. The van der Waals surface area contributed by atoms with Crippen molar-refractivity contribution >= 4 is 5.91 Å². The number of hydrogen-bond acceptors (Lipinski definition) is 3. The number of rotatable bonds is 5. The van der Waals surface area contributed by atoms with Crippen LogP contribution in [0.25, 0.3) is 0 Å². The van der Waals surface area contributed by atoms with Crippen molar-refractivity contribution in [1.29, 1.82) is 0 Å². The van der Waals surface area contributed by atoms with Crippen LogP contribution < -0.4 is 0 Å². The molecule has 1 rings (SSSR count). The molecule has 0 aliphatic rings. The molecule has 0 aromatic heterocycles. The summed E-state index contributed by atoms with van der Waals surface area (Å²) in [5.74, 6) is 5.36. The smallest absolute Gasteiger partial charge is 0.253 e. The third-order valence-electron chi connectivity index (χ3n) is 2.76. The fraction of sp³-hybridized carbons (Fsp3) is 0.438.